The highest BCUT2D eigenvalue weighted by molar-refractivity contribution is 7.85. The van der Waals surface area contributed by atoms with E-state index >= 15 is 4.57 Å². The predicted molar refractivity (Wildman–Crippen MR) is 274 cm³/mol. The summed E-state index contributed by atoms with van der Waals surface area (Å²) >= 11 is 0. The van der Waals surface area contributed by atoms with Gasteiger partial charge in [0.2, 0.25) is 0 Å². The summed E-state index contributed by atoms with van der Waals surface area (Å²) < 4.78 is 18.3. The Morgan fingerprint density at radius 3 is 1.53 bits per heavy atom. The van der Waals surface area contributed by atoms with E-state index < -0.39 is 12.6 Å². The summed E-state index contributed by atoms with van der Waals surface area (Å²) in [6.07, 6.45) is 0. The predicted octanol–water partition coefficient (Wildman–Crippen LogP) is 14.1. The quantitative estimate of drug-likeness (QED) is 0.128. The zero-order valence-corrected chi connectivity index (χ0v) is 36.7. The molecule has 0 aliphatic heterocycles. The van der Waals surface area contributed by atoms with Gasteiger partial charge in [0.15, 0.2) is 7.14 Å². The maximum Gasteiger partial charge on any atom is 0.171 e. The molecule has 0 amide bonds. The highest BCUT2D eigenvalue weighted by Gasteiger charge is 2.52. The lowest BCUT2D eigenvalue weighted by Crippen LogP contribution is -2.29. The van der Waals surface area contributed by atoms with Gasteiger partial charge in [0.1, 0.15) is 5.65 Å². The average Bonchev–Trinajstić information content (AvgIpc) is 4.03. The molecule has 0 fully saturated rings. The Balaban J connectivity index is 0.928. The SMILES string of the molecule is O=P(c1ccccc1)(c1ccccc1)c1ccc2c(c1)C1(c3ccccc3-c3ccccc31)c1cc(-c3ccc(-c4ccc5c(c4)c4ccccc4c4nc6ccccc6n54)cc3)ccc1-2. The molecular weight excluding hydrogens is 820 g/mol. The zero-order valence-electron chi connectivity index (χ0n) is 35.8. The van der Waals surface area contributed by atoms with Crippen molar-refractivity contribution in [1.29, 1.82) is 0 Å². The zero-order chi connectivity index (χ0) is 43.6. The topological polar surface area (TPSA) is 34.4 Å². The van der Waals surface area contributed by atoms with Crippen molar-refractivity contribution < 1.29 is 4.57 Å². The van der Waals surface area contributed by atoms with Gasteiger partial charge in [-0.2, -0.15) is 0 Å². The second-order valence-corrected chi connectivity index (χ2v) is 20.5. The van der Waals surface area contributed by atoms with Gasteiger partial charge in [-0.15, -0.1) is 0 Å². The first-order valence-corrected chi connectivity index (χ1v) is 24.3. The molecule has 10 aromatic carbocycles. The first kappa shape index (κ1) is 37.3. The molecule has 14 rings (SSSR count). The third-order valence-electron chi connectivity index (χ3n) is 14.5. The Morgan fingerprint density at radius 2 is 0.848 bits per heavy atom. The van der Waals surface area contributed by atoms with Gasteiger partial charge in [0, 0.05) is 26.7 Å². The van der Waals surface area contributed by atoms with Crippen molar-refractivity contribution in [3.8, 4) is 44.5 Å². The number of para-hydroxylation sites is 2. The molecule has 308 valence electrons. The fourth-order valence-electron chi connectivity index (χ4n) is 11.6. The van der Waals surface area contributed by atoms with Crippen LogP contribution in [0.4, 0.5) is 0 Å². The number of benzene rings is 10. The third-order valence-corrected chi connectivity index (χ3v) is 17.5. The van der Waals surface area contributed by atoms with Gasteiger partial charge in [-0.1, -0.05) is 200 Å². The maximum absolute atomic E-state index is 16.0. The van der Waals surface area contributed by atoms with E-state index in [0.29, 0.717) is 0 Å². The molecule has 66 heavy (non-hydrogen) atoms. The van der Waals surface area contributed by atoms with Crippen LogP contribution in [0.2, 0.25) is 0 Å². The smallest absolute Gasteiger partial charge is 0.171 e. The monoisotopic (exact) mass is 858 g/mol. The van der Waals surface area contributed by atoms with Crippen LogP contribution in [-0.4, -0.2) is 9.38 Å². The number of aromatic nitrogens is 2. The molecule has 0 saturated heterocycles. The maximum atomic E-state index is 16.0. The molecule has 3 nitrogen and oxygen atoms in total. The lowest BCUT2D eigenvalue weighted by Gasteiger charge is -2.31. The number of hydrogen-bond acceptors (Lipinski definition) is 2. The molecule has 2 heterocycles. The lowest BCUT2D eigenvalue weighted by molar-refractivity contribution is 0.592. The van der Waals surface area contributed by atoms with Crippen molar-refractivity contribution in [2.75, 3.05) is 0 Å². The summed E-state index contributed by atoms with van der Waals surface area (Å²) in [7, 11) is -3.27. The summed E-state index contributed by atoms with van der Waals surface area (Å²) in [5, 5.41) is 6.06. The molecule has 12 aromatic rings. The number of hydrogen-bond donors (Lipinski definition) is 0. The van der Waals surface area contributed by atoms with Crippen LogP contribution in [0, 0.1) is 0 Å². The highest BCUT2D eigenvalue weighted by atomic mass is 31.2. The molecular formula is C62H39N2OP. The van der Waals surface area contributed by atoms with Gasteiger partial charge in [-0.25, -0.2) is 4.98 Å². The van der Waals surface area contributed by atoms with Crippen LogP contribution in [0.15, 0.2) is 237 Å². The van der Waals surface area contributed by atoms with Crippen LogP contribution < -0.4 is 15.9 Å². The fraction of sp³-hybridized carbons (Fsp3) is 0.0161. The molecule has 0 atom stereocenters. The van der Waals surface area contributed by atoms with Crippen molar-refractivity contribution in [3.63, 3.8) is 0 Å². The largest absolute Gasteiger partial charge is 0.309 e. The molecule has 0 N–H and O–H groups in total. The molecule has 0 unspecified atom stereocenters. The molecule has 0 bridgehead atoms. The van der Waals surface area contributed by atoms with E-state index in [4.69, 9.17) is 4.98 Å². The number of rotatable bonds is 5. The van der Waals surface area contributed by atoms with Crippen LogP contribution in [0.1, 0.15) is 22.3 Å². The van der Waals surface area contributed by atoms with E-state index in [1.54, 1.807) is 0 Å². The van der Waals surface area contributed by atoms with E-state index in [9.17, 15) is 0 Å². The fourth-order valence-corrected chi connectivity index (χ4v) is 14.2. The van der Waals surface area contributed by atoms with E-state index in [1.807, 2.05) is 60.7 Å². The van der Waals surface area contributed by atoms with E-state index in [2.05, 4.69) is 180 Å². The molecule has 2 aromatic heterocycles. The summed E-state index contributed by atoms with van der Waals surface area (Å²) in [6, 6.07) is 84.5. The number of fused-ring (bicyclic) bond motifs is 18. The molecule has 2 aliphatic rings. The number of nitrogens with zero attached hydrogens (tertiary/aromatic N) is 2. The lowest BCUT2D eigenvalue weighted by atomic mass is 9.70. The van der Waals surface area contributed by atoms with Gasteiger partial charge in [-0.3, -0.25) is 4.40 Å². The standard InChI is InChI=1S/C62H39N2OP/c65-66(44-15-3-1-4-16-44,45-17-5-2-6-18-45)46-33-35-51-50-34-31-43(38-56(50)62(57(51)39-46)54-23-11-9-20-48(54)49-21-10-12-24-55(49)62)41-29-27-40(28-30-41)42-32-36-59-53(37-42)47-19-7-8-22-52(47)61-63-58-25-13-14-26-60(58)64(59)61/h1-39H. The number of pyridine rings is 1. The van der Waals surface area contributed by atoms with E-state index in [1.165, 1.54) is 60.8 Å². The normalized spacial score (nSPS) is 13.3. The minimum Gasteiger partial charge on any atom is -0.309 e. The average molecular weight is 859 g/mol. The number of imidazole rings is 1. The summed E-state index contributed by atoms with van der Waals surface area (Å²) in [4.78, 5) is 5.08. The van der Waals surface area contributed by atoms with Crippen LogP contribution in [0.25, 0.3) is 82.9 Å². The Morgan fingerprint density at radius 1 is 0.348 bits per heavy atom. The Kier molecular flexibility index (Phi) is 7.88. The van der Waals surface area contributed by atoms with Gasteiger partial charge >= 0.3 is 0 Å². The van der Waals surface area contributed by atoms with Gasteiger partial charge < -0.3 is 4.57 Å². The molecule has 1 spiro atoms. The molecule has 2 aliphatic carbocycles. The summed E-state index contributed by atoms with van der Waals surface area (Å²) in [5.41, 5.74) is 18.1. The van der Waals surface area contributed by atoms with Crippen molar-refractivity contribution >= 4 is 61.4 Å². The second kappa shape index (κ2) is 13.9. The Hall–Kier alpha value is -8.10. The van der Waals surface area contributed by atoms with Crippen molar-refractivity contribution in [1.82, 2.24) is 9.38 Å². The van der Waals surface area contributed by atoms with E-state index in [0.717, 1.165) is 60.2 Å². The van der Waals surface area contributed by atoms with Gasteiger partial charge in [0.25, 0.3) is 0 Å². The van der Waals surface area contributed by atoms with Crippen molar-refractivity contribution in [3.05, 3.63) is 259 Å². The van der Waals surface area contributed by atoms with Gasteiger partial charge in [-0.05, 0) is 109 Å². The van der Waals surface area contributed by atoms with Crippen molar-refractivity contribution in [2.24, 2.45) is 0 Å². The molecule has 4 heteroatoms. The third kappa shape index (κ3) is 5.04. The van der Waals surface area contributed by atoms with E-state index in [-0.39, 0.29) is 0 Å². The summed E-state index contributed by atoms with van der Waals surface area (Å²) in [5.74, 6) is 0. The second-order valence-electron chi connectivity index (χ2n) is 17.7. The Bertz CT molecular complexity index is 3930. The van der Waals surface area contributed by atoms with Crippen LogP contribution in [0.5, 0.6) is 0 Å². The Labute approximate surface area is 382 Å². The first-order chi connectivity index (χ1) is 32.6. The highest BCUT2D eigenvalue weighted by Crippen LogP contribution is 2.63. The minimum absolute atomic E-state index is 0.609. The molecule has 0 radical (unpaired) electrons. The van der Waals surface area contributed by atoms with Crippen LogP contribution >= 0.6 is 7.14 Å². The van der Waals surface area contributed by atoms with Crippen LogP contribution in [-0.2, 0) is 9.98 Å². The van der Waals surface area contributed by atoms with Crippen molar-refractivity contribution in [2.45, 2.75) is 5.41 Å². The first-order valence-electron chi connectivity index (χ1n) is 22.6. The van der Waals surface area contributed by atoms with Gasteiger partial charge in [0.05, 0.1) is 22.0 Å². The van der Waals surface area contributed by atoms with Crippen LogP contribution in [0.3, 0.4) is 0 Å². The molecule has 0 saturated carbocycles. The minimum atomic E-state index is -3.27. The summed E-state index contributed by atoms with van der Waals surface area (Å²) in [6.45, 7) is 0.